The van der Waals surface area contributed by atoms with Crippen LogP contribution in [0.5, 0.6) is 0 Å². The van der Waals surface area contributed by atoms with Gasteiger partial charge in [0.15, 0.2) is 0 Å². The molecule has 0 unspecified atom stereocenters. The van der Waals surface area contributed by atoms with Gasteiger partial charge >= 0.3 is 5.97 Å². The maximum atomic E-state index is 10.9. The Morgan fingerprint density at radius 3 is 2.58 bits per heavy atom. The number of benzene rings is 1. The van der Waals surface area contributed by atoms with Gasteiger partial charge in [-0.3, -0.25) is 4.90 Å². The number of aromatic carboxylic acids is 1. The van der Waals surface area contributed by atoms with Gasteiger partial charge in [0.1, 0.15) is 0 Å². The van der Waals surface area contributed by atoms with Gasteiger partial charge in [-0.2, -0.15) is 0 Å². The molecule has 2 rings (SSSR count). The molecule has 0 amide bonds. The molecule has 1 aliphatic heterocycles. The lowest BCUT2D eigenvalue weighted by atomic mass is 10.1. The van der Waals surface area contributed by atoms with Crippen LogP contribution in [0.2, 0.25) is 0 Å². The maximum Gasteiger partial charge on any atom is 0.335 e. The van der Waals surface area contributed by atoms with E-state index in [1.165, 1.54) is 0 Å². The van der Waals surface area contributed by atoms with Crippen molar-refractivity contribution in [3.05, 3.63) is 33.8 Å². The third-order valence-electron chi connectivity index (χ3n) is 3.33. The van der Waals surface area contributed by atoms with E-state index in [1.807, 2.05) is 6.07 Å². The van der Waals surface area contributed by atoms with Gasteiger partial charge in [0, 0.05) is 36.2 Å². The molecule has 1 aromatic carbocycles. The number of nitrogens with zero attached hydrogens (tertiary/aromatic N) is 1. The third-order valence-corrected chi connectivity index (χ3v) is 4.07. The van der Waals surface area contributed by atoms with Crippen LogP contribution in [0.25, 0.3) is 0 Å². The van der Waals surface area contributed by atoms with Gasteiger partial charge in [-0.25, -0.2) is 4.79 Å². The molecular formula is C14H19BrN2O2. The largest absolute Gasteiger partial charge is 0.478 e. The van der Waals surface area contributed by atoms with E-state index in [0.717, 1.165) is 29.7 Å². The number of rotatable bonds is 3. The Morgan fingerprint density at radius 1 is 1.42 bits per heavy atom. The van der Waals surface area contributed by atoms with Crippen LogP contribution in [0.15, 0.2) is 22.7 Å². The highest BCUT2D eigenvalue weighted by Crippen LogP contribution is 2.21. The summed E-state index contributed by atoms with van der Waals surface area (Å²) in [4.78, 5) is 13.3. The number of piperazine rings is 1. The lowest BCUT2D eigenvalue weighted by Crippen LogP contribution is -2.53. The van der Waals surface area contributed by atoms with Crippen molar-refractivity contribution >= 4 is 21.9 Å². The molecule has 1 fully saturated rings. The van der Waals surface area contributed by atoms with E-state index in [0.29, 0.717) is 17.6 Å². The first-order valence-electron chi connectivity index (χ1n) is 6.46. The fourth-order valence-corrected chi connectivity index (χ4v) is 3.12. The number of halogens is 1. The third kappa shape index (κ3) is 3.78. The second-order valence-electron chi connectivity index (χ2n) is 5.27. The summed E-state index contributed by atoms with van der Waals surface area (Å²) in [6.45, 7) is 7.24. The molecule has 1 heterocycles. The van der Waals surface area contributed by atoms with Gasteiger partial charge in [0.2, 0.25) is 0 Å². The van der Waals surface area contributed by atoms with Gasteiger partial charge in [0.25, 0.3) is 0 Å². The second kappa shape index (κ2) is 6.03. The molecule has 104 valence electrons. The highest BCUT2D eigenvalue weighted by atomic mass is 79.9. The summed E-state index contributed by atoms with van der Waals surface area (Å²) in [5.41, 5.74) is 1.45. The lowest BCUT2D eigenvalue weighted by molar-refractivity contribution is 0.0697. The molecule has 1 aromatic rings. The average Bonchev–Trinajstić information content (AvgIpc) is 2.30. The summed E-state index contributed by atoms with van der Waals surface area (Å²) in [5, 5.41) is 12.5. The predicted molar refractivity (Wildman–Crippen MR) is 78.4 cm³/mol. The van der Waals surface area contributed by atoms with Crippen LogP contribution in [-0.2, 0) is 6.54 Å². The number of nitrogens with one attached hydrogen (secondary N) is 1. The Hall–Kier alpha value is -0.910. The molecule has 0 radical (unpaired) electrons. The van der Waals surface area contributed by atoms with E-state index in [1.54, 1.807) is 12.1 Å². The normalized spacial score (nSPS) is 24.4. The van der Waals surface area contributed by atoms with Crippen molar-refractivity contribution in [1.29, 1.82) is 0 Å². The zero-order valence-corrected chi connectivity index (χ0v) is 12.8. The predicted octanol–water partition coefficient (Wildman–Crippen LogP) is 2.33. The van der Waals surface area contributed by atoms with Crippen molar-refractivity contribution in [3.8, 4) is 0 Å². The molecule has 1 aliphatic rings. The van der Waals surface area contributed by atoms with Gasteiger partial charge < -0.3 is 10.4 Å². The SMILES string of the molecule is C[C@@H]1CN(Cc2ccc(C(=O)O)cc2Br)C[C@H](C)N1. The smallest absolute Gasteiger partial charge is 0.335 e. The van der Waals surface area contributed by atoms with Gasteiger partial charge in [-0.15, -0.1) is 0 Å². The van der Waals surface area contributed by atoms with Crippen molar-refractivity contribution in [3.63, 3.8) is 0 Å². The van der Waals surface area contributed by atoms with Crippen molar-refractivity contribution in [2.75, 3.05) is 13.1 Å². The van der Waals surface area contributed by atoms with E-state index in [9.17, 15) is 4.79 Å². The van der Waals surface area contributed by atoms with E-state index in [2.05, 4.69) is 40.0 Å². The fraction of sp³-hybridized carbons (Fsp3) is 0.500. The van der Waals surface area contributed by atoms with E-state index in [4.69, 9.17) is 5.11 Å². The summed E-state index contributed by atoms with van der Waals surface area (Å²) in [5.74, 6) is -0.892. The molecule has 0 aromatic heterocycles. The zero-order chi connectivity index (χ0) is 14.0. The van der Waals surface area contributed by atoms with Crippen molar-refractivity contribution in [2.45, 2.75) is 32.5 Å². The second-order valence-corrected chi connectivity index (χ2v) is 6.13. The van der Waals surface area contributed by atoms with Crippen LogP contribution >= 0.6 is 15.9 Å². The minimum absolute atomic E-state index is 0.317. The van der Waals surface area contributed by atoms with Crippen LogP contribution in [-0.4, -0.2) is 41.1 Å². The number of carboxylic acid groups (broad SMARTS) is 1. The minimum Gasteiger partial charge on any atom is -0.478 e. The van der Waals surface area contributed by atoms with Crippen LogP contribution in [0.1, 0.15) is 29.8 Å². The van der Waals surface area contributed by atoms with Gasteiger partial charge in [0.05, 0.1) is 5.56 Å². The highest BCUT2D eigenvalue weighted by molar-refractivity contribution is 9.10. The van der Waals surface area contributed by atoms with Crippen LogP contribution in [0, 0.1) is 0 Å². The van der Waals surface area contributed by atoms with Gasteiger partial charge in [-0.05, 0) is 31.5 Å². The molecule has 4 nitrogen and oxygen atoms in total. The molecule has 5 heteroatoms. The first kappa shape index (κ1) is 14.5. The zero-order valence-electron chi connectivity index (χ0n) is 11.2. The van der Waals surface area contributed by atoms with Crippen LogP contribution in [0.3, 0.4) is 0 Å². The molecular weight excluding hydrogens is 308 g/mol. The van der Waals surface area contributed by atoms with Crippen molar-refractivity contribution in [1.82, 2.24) is 10.2 Å². The van der Waals surface area contributed by atoms with Gasteiger partial charge in [-0.1, -0.05) is 22.0 Å². The van der Waals surface area contributed by atoms with E-state index >= 15 is 0 Å². The molecule has 1 saturated heterocycles. The molecule has 2 N–H and O–H groups in total. The fourth-order valence-electron chi connectivity index (χ4n) is 2.62. The number of carboxylic acids is 1. The number of hydrogen-bond donors (Lipinski definition) is 2. The number of hydrogen-bond acceptors (Lipinski definition) is 3. The van der Waals surface area contributed by atoms with E-state index in [-0.39, 0.29) is 0 Å². The van der Waals surface area contributed by atoms with Crippen LogP contribution in [0.4, 0.5) is 0 Å². The maximum absolute atomic E-state index is 10.9. The molecule has 19 heavy (non-hydrogen) atoms. The molecule has 0 spiro atoms. The summed E-state index contributed by atoms with van der Waals surface area (Å²) >= 11 is 3.47. The van der Waals surface area contributed by atoms with Crippen LogP contribution < -0.4 is 5.32 Å². The summed E-state index contributed by atoms with van der Waals surface area (Å²) in [7, 11) is 0. The molecule has 2 atom stereocenters. The Balaban J connectivity index is 2.08. The summed E-state index contributed by atoms with van der Waals surface area (Å²) in [6, 6.07) is 6.20. The molecule has 0 saturated carbocycles. The summed E-state index contributed by atoms with van der Waals surface area (Å²) < 4.78 is 0.867. The minimum atomic E-state index is -0.892. The summed E-state index contributed by atoms with van der Waals surface area (Å²) in [6.07, 6.45) is 0. The Labute approximate surface area is 121 Å². The van der Waals surface area contributed by atoms with Crippen molar-refractivity contribution < 1.29 is 9.90 Å². The Bertz CT molecular complexity index is 469. The van der Waals surface area contributed by atoms with E-state index < -0.39 is 5.97 Å². The number of carbonyl (C=O) groups is 1. The molecule has 0 aliphatic carbocycles. The Kier molecular flexibility index (Phi) is 4.60. The standard InChI is InChI=1S/C14H19BrN2O2/c1-9-6-17(7-10(2)16-9)8-12-4-3-11(14(18)19)5-13(12)15/h3-5,9-10,16H,6-8H2,1-2H3,(H,18,19)/t9-,10+. The first-order chi connectivity index (χ1) is 8.95. The highest BCUT2D eigenvalue weighted by Gasteiger charge is 2.21. The Morgan fingerprint density at radius 2 is 2.05 bits per heavy atom. The first-order valence-corrected chi connectivity index (χ1v) is 7.25. The monoisotopic (exact) mass is 326 g/mol. The van der Waals surface area contributed by atoms with Crippen molar-refractivity contribution in [2.24, 2.45) is 0 Å². The molecule has 0 bridgehead atoms. The average molecular weight is 327 g/mol. The lowest BCUT2D eigenvalue weighted by Gasteiger charge is -2.36. The topological polar surface area (TPSA) is 52.6 Å². The quantitative estimate of drug-likeness (QED) is 0.895.